The van der Waals surface area contributed by atoms with Crippen molar-refractivity contribution in [3.63, 3.8) is 0 Å². The maximum absolute atomic E-state index is 13.0. The van der Waals surface area contributed by atoms with Crippen molar-refractivity contribution in [3.8, 4) is 34.5 Å². The van der Waals surface area contributed by atoms with Crippen LogP contribution in [-0.4, -0.2) is 46.8 Å². The Bertz CT molecular complexity index is 1620. The van der Waals surface area contributed by atoms with Crippen LogP contribution in [0.2, 0.25) is 0 Å². The summed E-state index contributed by atoms with van der Waals surface area (Å²) in [6, 6.07) is 6.94. The van der Waals surface area contributed by atoms with Gasteiger partial charge in [-0.05, 0) is 18.4 Å². The van der Waals surface area contributed by atoms with Gasteiger partial charge < -0.3 is 14.0 Å². The first kappa shape index (κ1) is 23.8. The lowest BCUT2D eigenvalue weighted by Gasteiger charge is -2.12. The maximum Gasteiger partial charge on any atom is 0.434 e. The van der Waals surface area contributed by atoms with Gasteiger partial charge in [0.25, 0.3) is 0 Å². The molecule has 194 valence electrons. The van der Waals surface area contributed by atoms with Crippen molar-refractivity contribution in [3.05, 3.63) is 59.9 Å². The topological polar surface area (TPSA) is 117 Å². The summed E-state index contributed by atoms with van der Waals surface area (Å²) < 4.78 is 52.0. The molecule has 0 saturated heterocycles. The summed E-state index contributed by atoms with van der Waals surface area (Å²) in [5.74, 6) is 1.58. The zero-order chi connectivity index (χ0) is 26.4. The van der Waals surface area contributed by atoms with E-state index in [1.165, 1.54) is 25.1 Å². The molecule has 0 radical (unpaired) electrons. The van der Waals surface area contributed by atoms with Crippen molar-refractivity contribution in [1.29, 1.82) is 0 Å². The third kappa shape index (κ3) is 4.40. The van der Waals surface area contributed by atoms with Crippen LogP contribution in [0.4, 0.5) is 13.2 Å². The fraction of sp³-hybridized carbons (Fsp3) is 0.280. The van der Waals surface area contributed by atoms with E-state index in [2.05, 4.69) is 35.1 Å². The van der Waals surface area contributed by atoms with Gasteiger partial charge >= 0.3 is 6.18 Å². The number of nitrogens with one attached hydrogen (secondary N) is 1. The molecule has 38 heavy (non-hydrogen) atoms. The molecular weight excluding hydrogens is 501 g/mol. The molecule has 1 aliphatic carbocycles. The number of halogens is 3. The van der Waals surface area contributed by atoms with Crippen LogP contribution >= 0.6 is 0 Å². The second-order valence-electron chi connectivity index (χ2n) is 8.95. The van der Waals surface area contributed by atoms with Gasteiger partial charge in [0.2, 0.25) is 11.8 Å². The number of fused-ring (bicyclic) bond motifs is 1. The van der Waals surface area contributed by atoms with E-state index in [0.717, 1.165) is 30.3 Å². The quantitative estimate of drug-likeness (QED) is 0.327. The lowest BCUT2D eigenvalue weighted by atomic mass is 10.1. The number of aromatic nitrogens is 8. The predicted molar refractivity (Wildman–Crippen MR) is 129 cm³/mol. The SMILES string of the molecule is COc1ncnc(C2CC2)c1-c1nc(OCc2ccc(-c3nc(C(F)(F)F)cn3C)cc2)c2cn[nH]c2n1. The van der Waals surface area contributed by atoms with Crippen molar-refractivity contribution in [2.24, 2.45) is 7.05 Å². The van der Waals surface area contributed by atoms with Crippen molar-refractivity contribution in [2.45, 2.75) is 31.5 Å². The first-order valence-electron chi connectivity index (χ1n) is 11.7. The van der Waals surface area contributed by atoms with Gasteiger partial charge in [-0.3, -0.25) is 5.10 Å². The van der Waals surface area contributed by atoms with Gasteiger partial charge in [-0.15, -0.1) is 0 Å². The number of nitrogens with zero attached hydrogens (tertiary/aromatic N) is 7. The molecule has 0 unspecified atom stereocenters. The predicted octanol–water partition coefficient (Wildman–Crippen LogP) is 4.69. The summed E-state index contributed by atoms with van der Waals surface area (Å²) in [6.07, 6.45) is 1.56. The maximum atomic E-state index is 13.0. The molecular formula is C25H21F3N8O2. The molecule has 1 fully saturated rings. The Morgan fingerprint density at radius 2 is 1.84 bits per heavy atom. The smallest absolute Gasteiger partial charge is 0.434 e. The Labute approximate surface area is 213 Å². The number of benzene rings is 1. The second kappa shape index (κ2) is 9.08. The van der Waals surface area contributed by atoms with Crippen LogP contribution in [0.1, 0.15) is 35.7 Å². The van der Waals surface area contributed by atoms with Gasteiger partial charge in [0.1, 0.15) is 29.7 Å². The zero-order valence-electron chi connectivity index (χ0n) is 20.3. The minimum Gasteiger partial charge on any atom is -0.480 e. The normalized spacial score (nSPS) is 13.7. The fourth-order valence-electron chi connectivity index (χ4n) is 4.22. The lowest BCUT2D eigenvalue weighted by molar-refractivity contribution is -0.140. The minimum atomic E-state index is -4.51. The molecule has 4 aromatic heterocycles. The molecule has 1 aliphatic rings. The van der Waals surface area contributed by atoms with Crippen LogP contribution in [0.3, 0.4) is 0 Å². The summed E-state index contributed by atoms with van der Waals surface area (Å²) in [5, 5.41) is 7.54. The molecule has 0 amide bonds. The van der Waals surface area contributed by atoms with Gasteiger partial charge in [-0.25, -0.2) is 19.9 Å². The molecule has 4 heterocycles. The van der Waals surface area contributed by atoms with Gasteiger partial charge in [0.05, 0.1) is 19.0 Å². The van der Waals surface area contributed by atoms with Crippen molar-refractivity contribution in [1.82, 2.24) is 39.7 Å². The number of hydrogen-bond acceptors (Lipinski definition) is 8. The van der Waals surface area contributed by atoms with E-state index in [0.29, 0.717) is 45.7 Å². The molecule has 0 spiro atoms. The van der Waals surface area contributed by atoms with E-state index in [4.69, 9.17) is 9.47 Å². The molecule has 1 N–H and O–H groups in total. The van der Waals surface area contributed by atoms with Crippen LogP contribution < -0.4 is 9.47 Å². The second-order valence-corrected chi connectivity index (χ2v) is 8.95. The lowest BCUT2D eigenvalue weighted by Crippen LogP contribution is -2.05. The van der Waals surface area contributed by atoms with Crippen LogP contribution in [0.5, 0.6) is 11.8 Å². The molecule has 13 heteroatoms. The molecule has 1 aromatic carbocycles. The highest BCUT2D eigenvalue weighted by Crippen LogP contribution is 2.45. The zero-order valence-corrected chi connectivity index (χ0v) is 20.3. The number of rotatable bonds is 7. The van der Waals surface area contributed by atoms with Crippen LogP contribution in [0, 0.1) is 0 Å². The Balaban J connectivity index is 1.28. The van der Waals surface area contributed by atoms with Crippen LogP contribution in [0.25, 0.3) is 33.8 Å². The molecule has 5 aromatic rings. The Hall–Kier alpha value is -4.55. The molecule has 0 aliphatic heterocycles. The van der Waals surface area contributed by atoms with E-state index < -0.39 is 11.9 Å². The molecule has 6 rings (SSSR count). The van der Waals surface area contributed by atoms with Gasteiger partial charge in [0, 0.05) is 24.7 Å². The van der Waals surface area contributed by atoms with Crippen molar-refractivity contribution < 1.29 is 22.6 Å². The Kier molecular flexibility index (Phi) is 5.69. The van der Waals surface area contributed by atoms with Gasteiger partial charge in [0.15, 0.2) is 17.2 Å². The third-order valence-corrected chi connectivity index (χ3v) is 6.25. The Morgan fingerprint density at radius 1 is 1.05 bits per heavy atom. The number of aromatic amines is 1. The number of ether oxygens (including phenoxy) is 2. The first-order chi connectivity index (χ1) is 18.3. The average Bonchev–Trinajstić information content (AvgIpc) is 3.51. The summed E-state index contributed by atoms with van der Waals surface area (Å²) in [4.78, 5) is 21.7. The molecule has 0 bridgehead atoms. The summed E-state index contributed by atoms with van der Waals surface area (Å²) in [5.41, 5.74) is 2.35. The molecule has 10 nitrogen and oxygen atoms in total. The number of aryl methyl sites for hydroxylation is 1. The van der Waals surface area contributed by atoms with E-state index in [-0.39, 0.29) is 12.4 Å². The van der Waals surface area contributed by atoms with E-state index in [9.17, 15) is 13.2 Å². The third-order valence-electron chi connectivity index (χ3n) is 6.25. The number of H-pyrrole nitrogens is 1. The fourth-order valence-corrected chi connectivity index (χ4v) is 4.22. The van der Waals surface area contributed by atoms with E-state index in [1.807, 2.05) is 0 Å². The summed E-state index contributed by atoms with van der Waals surface area (Å²) in [7, 11) is 3.06. The minimum absolute atomic E-state index is 0.156. The van der Waals surface area contributed by atoms with Crippen LogP contribution in [-0.2, 0) is 19.8 Å². The average molecular weight is 522 g/mol. The largest absolute Gasteiger partial charge is 0.480 e. The van der Waals surface area contributed by atoms with Gasteiger partial charge in [-0.1, -0.05) is 24.3 Å². The van der Waals surface area contributed by atoms with Crippen molar-refractivity contribution >= 4 is 11.0 Å². The highest BCUT2D eigenvalue weighted by atomic mass is 19.4. The number of imidazole rings is 1. The molecule has 0 atom stereocenters. The van der Waals surface area contributed by atoms with Gasteiger partial charge in [-0.2, -0.15) is 23.3 Å². The number of hydrogen-bond donors (Lipinski definition) is 1. The Morgan fingerprint density at radius 3 is 2.53 bits per heavy atom. The number of methoxy groups -OCH3 is 1. The molecule has 1 saturated carbocycles. The van der Waals surface area contributed by atoms with E-state index in [1.54, 1.807) is 30.5 Å². The standard InChI is InChI=1S/C25H21F3N8O2/c1-36-10-17(25(26,27)28)32-22(36)15-5-3-13(4-6-15)11-38-23-16-9-31-35-20(16)33-21(34-23)18-19(14-7-8-14)29-12-30-24(18)37-2/h3-6,9-10,12,14H,7-8,11H2,1-2H3,(H,31,33,34,35). The van der Waals surface area contributed by atoms with Crippen LogP contribution in [0.15, 0.2) is 43.0 Å². The number of alkyl halides is 3. The summed E-state index contributed by atoms with van der Waals surface area (Å²) in [6.45, 7) is 0.156. The monoisotopic (exact) mass is 522 g/mol. The highest BCUT2D eigenvalue weighted by molar-refractivity contribution is 5.82. The highest BCUT2D eigenvalue weighted by Gasteiger charge is 2.34. The van der Waals surface area contributed by atoms with Crippen molar-refractivity contribution in [2.75, 3.05) is 7.11 Å². The van der Waals surface area contributed by atoms with E-state index >= 15 is 0 Å². The summed E-state index contributed by atoms with van der Waals surface area (Å²) >= 11 is 0. The first-order valence-corrected chi connectivity index (χ1v) is 11.7.